The van der Waals surface area contributed by atoms with Crippen LogP contribution in [0.5, 0.6) is 0 Å². The molecular formula is C26H34N6O. The molecule has 7 nitrogen and oxygen atoms in total. The minimum Gasteiger partial charge on any atom is -0.343 e. The molecule has 2 aliphatic heterocycles. The van der Waals surface area contributed by atoms with Crippen LogP contribution in [0.3, 0.4) is 0 Å². The van der Waals surface area contributed by atoms with Gasteiger partial charge in [-0.2, -0.15) is 5.10 Å². The summed E-state index contributed by atoms with van der Waals surface area (Å²) in [4.78, 5) is 26.2. The number of aromatic nitrogens is 4. The third-order valence-electron chi connectivity index (χ3n) is 7.33. The second-order valence-electron chi connectivity index (χ2n) is 9.62. The van der Waals surface area contributed by atoms with Gasteiger partial charge in [0, 0.05) is 68.4 Å². The average molecular weight is 447 g/mol. The molecule has 1 atom stereocenters. The number of rotatable bonds is 6. The number of piperidine rings is 1. The van der Waals surface area contributed by atoms with Crippen molar-refractivity contribution in [3.63, 3.8) is 0 Å². The van der Waals surface area contributed by atoms with Crippen LogP contribution >= 0.6 is 0 Å². The van der Waals surface area contributed by atoms with Gasteiger partial charge in [-0.1, -0.05) is 0 Å². The largest absolute Gasteiger partial charge is 0.343 e. The summed E-state index contributed by atoms with van der Waals surface area (Å²) < 4.78 is 1.99. The van der Waals surface area contributed by atoms with Gasteiger partial charge < -0.3 is 4.90 Å². The molecule has 1 amide bonds. The summed E-state index contributed by atoms with van der Waals surface area (Å²) in [5.74, 6) is 0.701. The van der Waals surface area contributed by atoms with Crippen molar-refractivity contribution >= 4 is 11.6 Å². The Balaban J connectivity index is 1.28. The Labute approximate surface area is 195 Å². The zero-order valence-electron chi connectivity index (χ0n) is 19.8. The zero-order chi connectivity index (χ0) is 22.8. The van der Waals surface area contributed by atoms with Crippen LogP contribution in [0, 0.1) is 13.8 Å². The standard InChI is InChI=1S/C26H34N6O/c1-19-23(6-7-26(33)31-13-4-3-5-14-31)20(2)32-25(28-19)16-24(29-32)22-10-15-30(18-22)17-21-8-11-27-12-9-21/h8-9,11-12,16,22H,3-7,10,13-15,17-18H2,1-2H3. The highest BCUT2D eigenvalue weighted by molar-refractivity contribution is 5.76. The maximum absolute atomic E-state index is 12.7. The first kappa shape index (κ1) is 22.0. The maximum atomic E-state index is 12.7. The Bertz CT molecular complexity index is 1120. The lowest BCUT2D eigenvalue weighted by atomic mass is 10.0. The van der Waals surface area contributed by atoms with E-state index in [1.54, 1.807) is 0 Å². The van der Waals surface area contributed by atoms with Gasteiger partial charge in [-0.3, -0.25) is 14.7 Å². The number of aryl methyl sites for hydroxylation is 2. The highest BCUT2D eigenvalue weighted by atomic mass is 16.2. The molecule has 0 aromatic carbocycles. The summed E-state index contributed by atoms with van der Waals surface area (Å²) in [6, 6.07) is 6.33. The van der Waals surface area contributed by atoms with Crippen LogP contribution in [0.25, 0.3) is 5.65 Å². The smallest absolute Gasteiger partial charge is 0.222 e. The lowest BCUT2D eigenvalue weighted by Crippen LogP contribution is -2.35. The Hall–Kier alpha value is -2.80. The second-order valence-corrected chi connectivity index (χ2v) is 9.62. The number of pyridine rings is 1. The van der Waals surface area contributed by atoms with Gasteiger partial charge in [-0.15, -0.1) is 0 Å². The fourth-order valence-corrected chi connectivity index (χ4v) is 5.40. The van der Waals surface area contributed by atoms with Crippen molar-refractivity contribution in [1.29, 1.82) is 0 Å². The Morgan fingerprint density at radius 2 is 1.88 bits per heavy atom. The summed E-state index contributed by atoms with van der Waals surface area (Å²) in [6.45, 7) is 9.05. The van der Waals surface area contributed by atoms with E-state index in [0.717, 1.165) is 86.7 Å². The normalized spacial score (nSPS) is 19.5. The molecule has 0 aliphatic carbocycles. The number of nitrogens with zero attached hydrogens (tertiary/aromatic N) is 6. The van der Waals surface area contributed by atoms with E-state index in [4.69, 9.17) is 10.1 Å². The van der Waals surface area contributed by atoms with Crippen molar-refractivity contribution in [3.05, 3.63) is 58.8 Å². The van der Waals surface area contributed by atoms with Crippen LogP contribution in [-0.4, -0.2) is 61.5 Å². The van der Waals surface area contributed by atoms with Crippen LogP contribution in [-0.2, 0) is 17.8 Å². The summed E-state index contributed by atoms with van der Waals surface area (Å²) in [6.07, 6.45) is 9.63. The highest BCUT2D eigenvalue weighted by Crippen LogP contribution is 2.29. The van der Waals surface area contributed by atoms with Crippen LogP contribution in [0.2, 0.25) is 0 Å². The van der Waals surface area contributed by atoms with E-state index in [9.17, 15) is 4.79 Å². The molecule has 0 saturated carbocycles. The fraction of sp³-hybridized carbons (Fsp3) is 0.538. The number of amides is 1. The van der Waals surface area contributed by atoms with E-state index in [0.29, 0.717) is 12.3 Å². The first-order chi connectivity index (χ1) is 16.1. The molecule has 33 heavy (non-hydrogen) atoms. The van der Waals surface area contributed by atoms with Crippen LogP contribution < -0.4 is 0 Å². The Kier molecular flexibility index (Phi) is 6.40. The highest BCUT2D eigenvalue weighted by Gasteiger charge is 2.27. The van der Waals surface area contributed by atoms with Crippen molar-refractivity contribution in [1.82, 2.24) is 29.4 Å². The second kappa shape index (κ2) is 9.59. The number of fused-ring (bicyclic) bond motifs is 1. The molecule has 174 valence electrons. The summed E-state index contributed by atoms with van der Waals surface area (Å²) in [5.41, 5.74) is 6.64. The molecular weight excluding hydrogens is 412 g/mol. The average Bonchev–Trinajstić information content (AvgIpc) is 3.47. The van der Waals surface area contributed by atoms with E-state index in [1.807, 2.05) is 21.8 Å². The minimum atomic E-state index is 0.273. The molecule has 2 aliphatic rings. The molecule has 5 heterocycles. The molecule has 2 fully saturated rings. The Morgan fingerprint density at radius 3 is 2.67 bits per heavy atom. The van der Waals surface area contributed by atoms with Gasteiger partial charge in [0.2, 0.25) is 5.91 Å². The molecule has 7 heteroatoms. The van der Waals surface area contributed by atoms with E-state index in [2.05, 4.69) is 41.9 Å². The fourth-order valence-electron chi connectivity index (χ4n) is 5.40. The van der Waals surface area contributed by atoms with Crippen molar-refractivity contribution in [2.24, 2.45) is 0 Å². The van der Waals surface area contributed by atoms with Crippen molar-refractivity contribution in [2.75, 3.05) is 26.2 Å². The van der Waals surface area contributed by atoms with Gasteiger partial charge in [-0.05, 0) is 75.8 Å². The topological polar surface area (TPSA) is 66.6 Å². The van der Waals surface area contributed by atoms with E-state index >= 15 is 0 Å². The van der Waals surface area contributed by atoms with Gasteiger partial charge in [0.05, 0.1) is 5.69 Å². The molecule has 0 bridgehead atoms. The number of carbonyl (C=O) groups excluding carboxylic acids is 1. The van der Waals surface area contributed by atoms with Crippen LogP contribution in [0.4, 0.5) is 0 Å². The first-order valence-corrected chi connectivity index (χ1v) is 12.3. The molecule has 3 aromatic rings. The molecule has 1 unspecified atom stereocenters. The zero-order valence-corrected chi connectivity index (χ0v) is 19.8. The number of likely N-dealkylation sites (tertiary alicyclic amines) is 2. The van der Waals surface area contributed by atoms with E-state index in [1.165, 1.54) is 12.0 Å². The van der Waals surface area contributed by atoms with E-state index in [-0.39, 0.29) is 5.91 Å². The molecule has 0 spiro atoms. The molecule has 3 aromatic heterocycles. The number of hydrogen-bond acceptors (Lipinski definition) is 5. The van der Waals surface area contributed by atoms with Crippen molar-refractivity contribution in [2.45, 2.75) is 64.8 Å². The molecule has 0 N–H and O–H groups in total. The quantitative estimate of drug-likeness (QED) is 0.578. The van der Waals surface area contributed by atoms with Crippen LogP contribution in [0.15, 0.2) is 30.6 Å². The SMILES string of the molecule is Cc1nc2cc(C3CCN(Cc4ccncc4)C3)nn2c(C)c1CCC(=O)N1CCCCC1. The summed E-state index contributed by atoms with van der Waals surface area (Å²) >= 11 is 0. The third-order valence-corrected chi connectivity index (χ3v) is 7.33. The molecule has 5 rings (SSSR count). The van der Waals surface area contributed by atoms with Gasteiger partial charge in [0.15, 0.2) is 5.65 Å². The van der Waals surface area contributed by atoms with Crippen molar-refractivity contribution < 1.29 is 4.79 Å². The van der Waals surface area contributed by atoms with Crippen molar-refractivity contribution in [3.8, 4) is 0 Å². The number of carbonyl (C=O) groups is 1. The predicted molar refractivity (Wildman–Crippen MR) is 128 cm³/mol. The third kappa shape index (κ3) is 4.78. The minimum absolute atomic E-state index is 0.273. The molecule has 2 saturated heterocycles. The van der Waals surface area contributed by atoms with Gasteiger partial charge in [0.25, 0.3) is 0 Å². The van der Waals surface area contributed by atoms with Crippen LogP contribution in [0.1, 0.15) is 66.2 Å². The summed E-state index contributed by atoms with van der Waals surface area (Å²) in [7, 11) is 0. The van der Waals surface area contributed by atoms with Gasteiger partial charge in [0.1, 0.15) is 0 Å². The Morgan fingerprint density at radius 1 is 1.09 bits per heavy atom. The van der Waals surface area contributed by atoms with E-state index < -0.39 is 0 Å². The molecule has 0 radical (unpaired) electrons. The first-order valence-electron chi connectivity index (χ1n) is 12.3. The lowest BCUT2D eigenvalue weighted by molar-refractivity contribution is -0.132. The monoisotopic (exact) mass is 446 g/mol. The lowest BCUT2D eigenvalue weighted by Gasteiger charge is -2.26. The van der Waals surface area contributed by atoms with Gasteiger partial charge in [-0.25, -0.2) is 9.50 Å². The predicted octanol–water partition coefficient (Wildman–Crippen LogP) is 3.68. The van der Waals surface area contributed by atoms with Gasteiger partial charge >= 0.3 is 0 Å². The maximum Gasteiger partial charge on any atom is 0.222 e. The summed E-state index contributed by atoms with van der Waals surface area (Å²) in [5, 5.41) is 4.98. The number of hydrogen-bond donors (Lipinski definition) is 0.